The molecule has 2 heteroatoms. The molecule has 0 bridgehead atoms. The van der Waals surface area contributed by atoms with Gasteiger partial charge in [0.25, 0.3) is 0 Å². The average molecular weight is 645 g/mol. The number of hydrogen-bond donors (Lipinski definition) is 0. The van der Waals surface area contributed by atoms with Crippen molar-refractivity contribution in [1.82, 2.24) is 0 Å². The molecule has 4 aromatic carbocycles. The maximum absolute atomic E-state index is 3.63. The second kappa shape index (κ2) is 14.0. The molecule has 0 atom stereocenters. The van der Waals surface area contributed by atoms with Crippen molar-refractivity contribution >= 4 is 31.9 Å². The van der Waals surface area contributed by atoms with Gasteiger partial charge in [-0.05, 0) is 82.3 Å². The van der Waals surface area contributed by atoms with Crippen LogP contribution in [0.15, 0.2) is 97.1 Å². The van der Waals surface area contributed by atoms with E-state index in [0.717, 1.165) is 10.7 Å². The maximum atomic E-state index is 3.63. The van der Waals surface area contributed by atoms with Crippen molar-refractivity contribution in [3.05, 3.63) is 108 Å². The topological polar surface area (TPSA) is 0 Å². The van der Waals surface area contributed by atoms with Gasteiger partial charge in [0.1, 0.15) is 0 Å². The third kappa shape index (κ3) is 6.44. The zero-order valence-corrected chi connectivity index (χ0v) is 26.2. The SMILES string of the molecule is BrCCCCCCC1(CCCCCCBr)c2cc(-c3ccccc3)ccc2-c2ccc(-c3ccccc3)cc21. The standard InChI is InChI=1S/C37H40Br2/c38-25-13-3-1-11-23-37(24-12-2-4-14-26-39)35-27-31(29-15-7-5-8-16-29)19-21-33(35)34-22-20-32(28-36(34)37)30-17-9-6-10-18-30/h5-10,15-22,27-28H,1-4,11-14,23-26H2. The first-order chi connectivity index (χ1) is 19.3. The van der Waals surface area contributed by atoms with Gasteiger partial charge < -0.3 is 0 Å². The normalized spacial score (nSPS) is 13.3. The second-order valence-corrected chi connectivity index (χ2v) is 12.6. The van der Waals surface area contributed by atoms with E-state index in [1.165, 1.54) is 97.6 Å². The number of fused-ring (bicyclic) bond motifs is 3. The van der Waals surface area contributed by atoms with Gasteiger partial charge in [-0.1, -0.05) is 155 Å². The van der Waals surface area contributed by atoms with Crippen LogP contribution in [0, 0.1) is 0 Å². The molecule has 1 aliphatic rings. The van der Waals surface area contributed by atoms with Gasteiger partial charge in [0.2, 0.25) is 0 Å². The highest BCUT2D eigenvalue weighted by molar-refractivity contribution is 9.09. The molecule has 0 N–H and O–H groups in total. The molecule has 0 aliphatic heterocycles. The smallest absolute Gasteiger partial charge is 0.0215 e. The van der Waals surface area contributed by atoms with E-state index in [9.17, 15) is 0 Å². The Bertz CT molecular complexity index is 1220. The summed E-state index contributed by atoms with van der Waals surface area (Å²) in [5, 5.41) is 2.22. The monoisotopic (exact) mass is 642 g/mol. The largest absolute Gasteiger partial charge is 0.0928 e. The van der Waals surface area contributed by atoms with Crippen LogP contribution in [0.25, 0.3) is 33.4 Å². The lowest BCUT2D eigenvalue weighted by Crippen LogP contribution is -2.25. The molecule has 0 fully saturated rings. The zero-order valence-electron chi connectivity index (χ0n) is 23.0. The van der Waals surface area contributed by atoms with Crippen LogP contribution >= 0.6 is 31.9 Å². The van der Waals surface area contributed by atoms with Crippen LogP contribution in [0.5, 0.6) is 0 Å². The third-order valence-electron chi connectivity index (χ3n) is 8.55. The molecule has 0 unspecified atom stereocenters. The minimum atomic E-state index is 0.0725. The number of unbranched alkanes of at least 4 members (excludes halogenated alkanes) is 6. The Hall–Kier alpha value is -2.16. The number of halogens is 2. The number of alkyl halides is 2. The van der Waals surface area contributed by atoms with Crippen molar-refractivity contribution in [2.24, 2.45) is 0 Å². The molecule has 0 saturated carbocycles. The van der Waals surface area contributed by atoms with Crippen LogP contribution in [0.2, 0.25) is 0 Å². The summed E-state index contributed by atoms with van der Waals surface area (Å²) in [7, 11) is 0. The Morgan fingerprint density at radius 1 is 0.410 bits per heavy atom. The summed E-state index contributed by atoms with van der Waals surface area (Å²) in [6, 6.07) is 36.4. The molecule has 0 radical (unpaired) electrons. The average Bonchev–Trinajstić information content (AvgIpc) is 3.26. The maximum Gasteiger partial charge on any atom is 0.0215 e. The van der Waals surface area contributed by atoms with Gasteiger partial charge in [0.15, 0.2) is 0 Å². The fourth-order valence-corrected chi connectivity index (χ4v) is 7.32. The summed E-state index contributed by atoms with van der Waals surface area (Å²) in [4.78, 5) is 0. The fourth-order valence-electron chi connectivity index (χ4n) is 6.53. The van der Waals surface area contributed by atoms with Gasteiger partial charge in [-0.25, -0.2) is 0 Å². The van der Waals surface area contributed by atoms with Gasteiger partial charge in [0.05, 0.1) is 0 Å². The molecular formula is C37H40Br2. The highest BCUT2D eigenvalue weighted by atomic mass is 79.9. The van der Waals surface area contributed by atoms with Crippen LogP contribution in [-0.2, 0) is 5.41 Å². The van der Waals surface area contributed by atoms with Crippen LogP contribution < -0.4 is 0 Å². The molecule has 0 spiro atoms. The Balaban J connectivity index is 1.60. The minimum absolute atomic E-state index is 0.0725. The Morgan fingerprint density at radius 3 is 1.23 bits per heavy atom. The molecule has 39 heavy (non-hydrogen) atoms. The van der Waals surface area contributed by atoms with E-state index in [0.29, 0.717) is 0 Å². The Morgan fingerprint density at radius 2 is 0.821 bits per heavy atom. The lowest BCUT2D eigenvalue weighted by atomic mass is 9.70. The van der Waals surface area contributed by atoms with E-state index >= 15 is 0 Å². The lowest BCUT2D eigenvalue weighted by Gasteiger charge is -2.33. The van der Waals surface area contributed by atoms with Crippen LogP contribution in [0.3, 0.4) is 0 Å². The van der Waals surface area contributed by atoms with Crippen LogP contribution in [0.1, 0.15) is 75.3 Å². The molecule has 4 aromatic rings. The quantitative estimate of drug-likeness (QED) is 0.0947. The minimum Gasteiger partial charge on any atom is -0.0928 e. The highest BCUT2D eigenvalue weighted by Crippen LogP contribution is 2.55. The van der Waals surface area contributed by atoms with Crippen molar-refractivity contribution in [2.45, 2.75) is 69.6 Å². The summed E-state index contributed by atoms with van der Waals surface area (Å²) in [5.41, 5.74) is 11.4. The van der Waals surface area contributed by atoms with Crippen molar-refractivity contribution in [3.63, 3.8) is 0 Å². The first-order valence-electron chi connectivity index (χ1n) is 14.8. The molecule has 1 aliphatic carbocycles. The predicted octanol–water partition coefficient (Wildman–Crippen LogP) is 12.0. The van der Waals surface area contributed by atoms with E-state index in [-0.39, 0.29) is 5.41 Å². The van der Waals surface area contributed by atoms with Gasteiger partial charge in [-0.2, -0.15) is 0 Å². The van der Waals surface area contributed by atoms with Crippen LogP contribution in [-0.4, -0.2) is 10.7 Å². The van der Waals surface area contributed by atoms with Crippen molar-refractivity contribution < 1.29 is 0 Å². The molecule has 5 rings (SSSR count). The van der Waals surface area contributed by atoms with E-state index in [1.54, 1.807) is 11.1 Å². The van der Waals surface area contributed by atoms with Gasteiger partial charge in [0, 0.05) is 16.1 Å². The summed E-state index contributed by atoms with van der Waals surface area (Å²) in [6.07, 6.45) is 12.8. The molecule has 0 nitrogen and oxygen atoms in total. The number of benzene rings is 4. The second-order valence-electron chi connectivity index (χ2n) is 11.0. The summed E-state index contributed by atoms with van der Waals surface area (Å²) in [5.74, 6) is 0. The first kappa shape index (κ1) is 28.4. The number of rotatable bonds is 14. The molecule has 202 valence electrons. The van der Waals surface area contributed by atoms with Gasteiger partial charge >= 0.3 is 0 Å². The van der Waals surface area contributed by atoms with E-state index in [4.69, 9.17) is 0 Å². The molecule has 0 heterocycles. The third-order valence-corrected chi connectivity index (χ3v) is 9.67. The van der Waals surface area contributed by atoms with E-state index in [2.05, 4.69) is 129 Å². The lowest BCUT2D eigenvalue weighted by molar-refractivity contribution is 0.401. The summed E-state index contributed by atoms with van der Waals surface area (Å²) < 4.78 is 0. The number of hydrogen-bond acceptors (Lipinski definition) is 0. The molecule has 0 aromatic heterocycles. The summed E-state index contributed by atoms with van der Waals surface area (Å²) >= 11 is 7.27. The molecule has 0 amide bonds. The van der Waals surface area contributed by atoms with Crippen molar-refractivity contribution in [1.29, 1.82) is 0 Å². The van der Waals surface area contributed by atoms with E-state index in [1.807, 2.05) is 0 Å². The summed E-state index contributed by atoms with van der Waals surface area (Å²) in [6.45, 7) is 0. The Labute approximate surface area is 252 Å². The zero-order chi connectivity index (χ0) is 26.9. The van der Waals surface area contributed by atoms with E-state index < -0.39 is 0 Å². The fraction of sp³-hybridized carbons (Fsp3) is 0.351. The van der Waals surface area contributed by atoms with Gasteiger partial charge in [-0.3, -0.25) is 0 Å². The van der Waals surface area contributed by atoms with Crippen LogP contribution in [0.4, 0.5) is 0 Å². The van der Waals surface area contributed by atoms with Crippen molar-refractivity contribution in [2.75, 3.05) is 10.7 Å². The highest BCUT2D eigenvalue weighted by Gasteiger charge is 2.42. The molecular weight excluding hydrogens is 604 g/mol. The van der Waals surface area contributed by atoms with Gasteiger partial charge in [-0.15, -0.1) is 0 Å². The van der Waals surface area contributed by atoms with Crippen molar-refractivity contribution in [3.8, 4) is 33.4 Å². The Kier molecular flexibility index (Phi) is 10.1. The molecule has 0 saturated heterocycles. The predicted molar refractivity (Wildman–Crippen MR) is 177 cm³/mol. The first-order valence-corrected chi connectivity index (χ1v) is 17.0.